The third kappa shape index (κ3) is 2.40. The SMILES string of the molecule is Cn1cnc(S(=O)(=O)N2CCCC(C)(O)C2)c1Cl. The Labute approximate surface area is 111 Å². The molecule has 1 aromatic rings. The Balaban J connectivity index is 2.35. The molecule has 1 aliphatic rings. The first-order valence-electron chi connectivity index (χ1n) is 5.63. The van der Waals surface area contributed by atoms with E-state index >= 15 is 0 Å². The largest absolute Gasteiger partial charge is 0.389 e. The molecular formula is C10H16ClN3O3S. The van der Waals surface area contributed by atoms with Crippen molar-refractivity contribution in [3.63, 3.8) is 0 Å². The van der Waals surface area contributed by atoms with E-state index in [1.54, 1.807) is 14.0 Å². The van der Waals surface area contributed by atoms with Gasteiger partial charge in [0.2, 0.25) is 5.03 Å². The second kappa shape index (κ2) is 4.48. The third-order valence-electron chi connectivity index (χ3n) is 3.06. The molecule has 2 rings (SSSR count). The number of hydrogen-bond donors (Lipinski definition) is 1. The first-order chi connectivity index (χ1) is 8.24. The van der Waals surface area contributed by atoms with Crippen molar-refractivity contribution >= 4 is 21.6 Å². The molecule has 0 bridgehead atoms. The van der Waals surface area contributed by atoms with E-state index in [1.165, 1.54) is 15.2 Å². The lowest BCUT2D eigenvalue weighted by Gasteiger charge is -2.35. The predicted octanol–water partition coefficient (Wildman–Crippen LogP) is 0.609. The molecule has 1 unspecified atom stereocenters. The van der Waals surface area contributed by atoms with Crippen LogP contribution in [0.3, 0.4) is 0 Å². The van der Waals surface area contributed by atoms with Gasteiger partial charge in [0.15, 0.2) is 0 Å². The van der Waals surface area contributed by atoms with Crippen LogP contribution in [0.1, 0.15) is 19.8 Å². The summed E-state index contributed by atoms with van der Waals surface area (Å²) in [6.45, 7) is 2.09. The van der Waals surface area contributed by atoms with Crippen molar-refractivity contribution < 1.29 is 13.5 Å². The molecule has 0 aliphatic carbocycles. The standard InChI is InChI=1S/C10H16ClN3O3S/c1-10(15)4-3-5-14(6-10)18(16,17)9-8(11)13(2)7-12-9/h7,15H,3-6H2,1-2H3. The van der Waals surface area contributed by atoms with Crippen LogP contribution in [0.4, 0.5) is 0 Å². The summed E-state index contributed by atoms with van der Waals surface area (Å²) in [5, 5.41) is 9.90. The van der Waals surface area contributed by atoms with Crippen molar-refractivity contribution in [2.45, 2.75) is 30.4 Å². The number of nitrogens with zero attached hydrogens (tertiary/aromatic N) is 3. The molecule has 1 N–H and O–H groups in total. The minimum atomic E-state index is -3.73. The molecule has 102 valence electrons. The number of halogens is 1. The fourth-order valence-electron chi connectivity index (χ4n) is 2.07. The van der Waals surface area contributed by atoms with E-state index in [0.29, 0.717) is 19.4 Å². The Hall–Kier alpha value is -0.630. The molecule has 18 heavy (non-hydrogen) atoms. The first-order valence-corrected chi connectivity index (χ1v) is 7.45. The number of piperidine rings is 1. The monoisotopic (exact) mass is 293 g/mol. The normalized spacial score (nSPS) is 26.4. The van der Waals surface area contributed by atoms with E-state index in [-0.39, 0.29) is 16.7 Å². The summed E-state index contributed by atoms with van der Waals surface area (Å²) in [6.07, 6.45) is 2.57. The predicted molar refractivity (Wildman–Crippen MR) is 66.8 cm³/mol. The molecule has 0 saturated carbocycles. The summed E-state index contributed by atoms with van der Waals surface area (Å²) >= 11 is 5.92. The number of aliphatic hydroxyl groups is 1. The Morgan fingerprint density at radius 3 is 2.72 bits per heavy atom. The molecule has 1 aliphatic heterocycles. The number of aryl methyl sites for hydroxylation is 1. The second-order valence-electron chi connectivity index (χ2n) is 4.89. The zero-order valence-electron chi connectivity index (χ0n) is 10.3. The molecule has 1 fully saturated rings. The van der Waals surface area contributed by atoms with Crippen LogP contribution >= 0.6 is 11.6 Å². The van der Waals surface area contributed by atoms with Gasteiger partial charge in [-0.2, -0.15) is 4.31 Å². The Morgan fingerprint density at radius 1 is 1.56 bits per heavy atom. The molecule has 0 aromatic carbocycles. The summed E-state index contributed by atoms with van der Waals surface area (Å²) in [7, 11) is -2.11. The van der Waals surface area contributed by atoms with Gasteiger partial charge in [0.1, 0.15) is 5.15 Å². The summed E-state index contributed by atoms with van der Waals surface area (Å²) in [6, 6.07) is 0. The van der Waals surface area contributed by atoms with Gasteiger partial charge in [0.05, 0.1) is 11.9 Å². The molecule has 6 nitrogen and oxygen atoms in total. The maximum absolute atomic E-state index is 12.4. The number of sulfonamides is 1. The number of hydrogen-bond acceptors (Lipinski definition) is 4. The van der Waals surface area contributed by atoms with Crippen LogP contribution in [0.2, 0.25) is 5.15 Å². The van der Waals surface area contributed by atoms with Crippen molar-refractivity contribution in [2.75, 3.05) is 13.1 Å². The van der Waals surface area contributed by atoms with Crippen LogP contribution in [0, 0.1) is 0 Å². The van der Waals surface area contributed by atoms with Gasteiger partial charge >= 0.3 is 0 Å². The highest BCUT2D eigenvalue weighted by Gasteiger charge is 2.37. The molecule has 1 saturated heterocycles. The van der Waals surface area contributed by atoms with Gasteiger partial charge in [-0.25, -0.2) is 13.4 Å². The fourth-order valence-corrected chi connectivity index (χ4v) is 4.05. The molecule has 0 radical (unpaired) electrons. The van der Waals surface area contributed by atoms with Crippen molar-refractivity contribution in [3.05, 3.63) is 11.5 Å². The zero-order chi connectivity index (χ0) is 13.6. The van der Waals surface area contributed by atoms with Gasteiger partial charge in [0.25, 0.3) is 10.0 Å². The van der Waals surface area contributed by atoms with Gasteiger partial charge in [-0.15, -0.1) is 0 Å². The second-order valence-corrected chi connectivity index (χ2v) is 7.10. The lowest BCUT2D eigenvalue weighted by molar-refractivity contribution is 0.00934. The van der Waals surface area contributed by atoms with Crippen molar-refractivity contribution in [2.24, 2.45) is 7.05 Å². The summed E-state index contributed by atoms with van der Waals surface area (Å²) in [5.74, 6) is 0. The maximum Gasteiger partial charge on any atom is 0.263 e. The average Bonchev–Trinajstić information content (AvgIpc) is 2.58. The Kier molecular flexibility index (Phi) is 3.44. The highest BCUT2D eigenvalue weighted by molar-refractivity contribution is 7.89. The van der Waals surface area contributed by atoms with Crippen LogP contribution in [-0.4, -0.2) is 46.1 Å². The van der Waals surface area contributed by atoms with Crippen molar-refractivity contribution in [3.8, 4) is 0 Å². The van der Waals surface area contributed by atoms with Crippen LogP contribution in [0.15, 0.2) is 11.4 Å². The zero-order valence-corrected chi connectivity index (χ0v) is 11.9. The highest BCUT2D eigenvalue weighted by atomic mass is 35.5. The quantitative estimate of drug-likeness (QED) is 0.867. The molecule has 8 heteroatoms. The average molecular weight is 294 g/mol. The topological polar surface area (TPSA) is 75.4 Å². The van der Waals surface area contributed by atoms with Crippen LogP contribution in [0.5, 0.6) is 0 Å². The number of β-amino-alcohol motifs (C(OH)–C–C–N with tert-alkyl or cyclic N) is 1. The lowest BCUT2D eigenvalue weighted by atomic mass is 9.97. The number of imidazole rings is 1. The minimum absolute atomic E-state index is 0.0717. The lowest BCUT2D eigenvalue weighted by Crippen LogP contribution is -2.48. The van der Waals surface area contributed by atoms with Gasteiger partial charge in [-0.3, -0.25) is 0 Å². The van der Waals surface area contributed by atoms with Gasteiger partial charge < -0.3 is 9.67 Å². The van der Waals surface area contributed by atoms with Crippen LogP contribution < -0.4 is 0 Å². The maximum atomic E-state index is 12.4. The highest BCUT2D eigenvalue weighted by Crippen LogP contribution is 2.28. The summed E-state index contributed by atoms with van der Waals surface area (Å²) in [4.78, 5) is 3.83. The van der Waals surface area contributed by atoms with E-state index in [4.69, 9.17) is 11.6 Å². The van der Waals surface area contributed by atoms with Crippen molar-refractivity contribution in [1.82, 2.24) is 13.9 Å². The van der Waals surface area contributed by atoms with E-state index in [9.17, 15) is 13.5 Å². The van der Waals surface area contributed by atoms with Gasteiger partial charge in [0, 0.05) is 20.1 Å². The van der Waals surface area contributed by atoms with E-state index in [1.807, 2.05) is 0 Å². The molecular weight excluding hydrogens is 278 g/mol. The Morgan fingerprint density at radius 2 is 2.22 bits per heavy atom. The molecule has 1 aromatic heterocycles. The molecule has 0 amide bonds. The van der Waals surface area contributed by atoms with Gasteiger partial charge in [-0.05, 0) is 19.8 Å². The summed E-state index contributed by atoms with van der Waals surface area (Å²) in [5.41, 5.74) is -0.993. The van der Waals surface area contributed by atoms with E-state index < -0.39 is 15.6 Å². The smallest absolute Gasteiger partial charge is 0.263 e. The number of aromatic nitrogens is 2. The number of rotatable bonds is 2. The molecule has 1 atom stereocenters. The van der Waals surface area contributed by atoms with Crippen molar-refractivity contribution in [1.29, 1.82) is 0 Å². The van der Waals surface area contributed by atoms with E-state index in [0.717, 1.165) is 0 Å². The van der Waals surface area contributed by atoms with E-state index in [2.05, 4.69) is 4.98 Å². The fraction of sp³-hybridized carbons (Fsp3) is 0.700. The molecule has 0 spiro atoms. The van der Waals surface area contributed by atoms with Crippen LogP contribution in [0.25, 0.3) is 0 Å². The Bertz CT molecular complexity index is 553. The van der Waals surface area contributed by atoms with Gasteiger partial charge in [-0.1, -0.05) is 11.6 Å². The first kappa shape index (κ1) is 13.8. The summed E-state index contributed by atoms with van der Waals surface area (Å²) < 4.78 is 27.4. The molecule has 2 heterocycles. The third-order valence-corrected chi connectivity index (χ3v) is 5.40. The minimum Gasteiger partial charge on any atom is -0.389 e. The van der Waals surface area contributed by atoms with Crippen LogP contribution in [-0.2, 0) is 17.1 Å².